The van der Waals surface area contributed by atoms with Crippen LogP contribution >= 0.6 is 36.2 Å². The van der Waals surface area contributed by atoms with E-state index in [0.29, 0.717) is 12.2 Å². The first kappa shape index (κ1) is 21.9. The van der Waals surface area contributed by atoms with Crippen molar-refractivity contribution < 1.29 is 4.79 Å². The van der Waals surface area contributed by atoms with E-state index in [-0.39, 0.29) is 30.7 Å². The molecule has 1 aliphatic rings. The highest BCUT2D eigenvalue weighted by atomic mass is 35.5. The lowest BCUT2D eigenvalue weighted by molar-refractivity contribution is 0.102. The fraction of sp³-hybridized carbons (Fsp3) is 0.412. The molecule has 1 saturated heterocycles. The summed E-state index contributed by atoms with van der Waals surface area (Å²) in [7, 11) is 0. The number of anilines is 1. The number of thiazole rings is 1. The van der Waals surface area contributed by atoms with Crippen LogP contribution in [0, 0.1) is 0 Å². The molecule has 2 heterocycles. The molecule has 0 unspecified atom stereocenters. The van der Waals surface area contributed by atoms with Gasteiger partial charge in [0.25, 0.3) is 5.91 Å². The molecule has 5 nitrogen and oxygen atoms in total. The second kappa shape index (κ2) is 10.7. The molecule has 1 aromatic carbocycles. The Morgan fingerprint density at radius 2 is 2.00 bits per heavy atom. The van der Waals surface area contributed by atoms with Gasteiger partial charge in [0.15, 0.2) is 0 Å². The van der Waals surface area contributed by atoms with Gasteiger partial charge in [-0.1, -0.05) is 18.6 Å². The third-order valence-corrected chi connectivity index (χ3v) is 4.87. The summed E-state index contributed by atoms with van der Waals surface area (Å²) >= 11 is 1.41. The number of piperidine rings is 1. The Balaban J connectivity index is 0.00000156. The zero-order valence-electron chi connectivity index (χ0n) is 13.9. The monoisotopic (exact) mass is 402 g/mol. The standard InChI is InChI=1S/C17H22N4OS.2ClH/c18-10-16-20-15(12-23-16)17(22)19-14-6-4-5-13(9-14)11-21-7-2-1-3-8-21;;/h4-6,9,12H,1-3,7-8,10-11,18H2,(H,19,22);2*1H. The summed E-state index contributed by atoms with van der Waals surface area (Å²) in [6, 6.07) is 8.05. The molecule has 0 aliphatic carbocycles. The topological polar surface area (TPSA) is 71.2 Å². The van der Waals surface area contributed by atoms with Crippen LogP contribution in [-0.4, -0.2) is 28.9 Å². The van der Waals surface area contributed by atoms with E-state index in [9.17, 15) is 4.79 Å². The molecule has 0 bridgehead atoms. The Morgan fingerprint density at radius 1 is 1.24 bits per heavy atom. The maximum absolute atomic E-state index is 12.2. The molecule has 8 heteroatoms. The largest absolute Gasteiger partial charge is 0.325 e. The van der Waals surface area contributed by atoms with Gasteiger partial charge in [0.1, 0.15) is 10.7 Å². The molecule has 25 heavy (non-hydrogen) atoms. The number of carbonyl (C=O) groups is 1. The van der Waals surface area contributed by atoms with Crippen LogP contribution in [0.15, 0.2) is 29.6 Å². The van der Waals surface area contributed by atoms with Crippen LogP contribution in [-0.2, 0) is 13.1 Å². The van der Waals surface area contributed by atoms with Gasteiger partial charge in [-0.2, -0.15) is 0 Å². The highest BCUT2D eigenvalue weighted by Gasteiger charge is 2.12. The van der Waals surface area contributed by atoms with Crippen molar-refractivity contribution in [3.63, 3.8) is 0 Å². The Bertz CT molecular complexity index is 674. The second-order valence-corrected chi connectivity index (χ2v) is 6.76. The molecule has 3 N–H and O–H groups in total. The number of carbonyl (C=O) groups excluding carboxylic acids is 1. The molecule has 1 aromatic heterocycles. The van der Waals surface area contributed by atoms with Gasteiger partial charge in [0.05, 0.1) is 0 Å². The number of nitrogens with zero attached hydrogens (tertiary/aromatic N) is 2. The Hall–Kier alpha value is -1.18. The Morgan fingerprint density at radius 3 is 2.68 bits per heavy atom. The van der Waals surface area contributed by atoms with E-state index >= 15 is 0 Å². The summed E-state index contributed by atoms with van der Waals surface area (Å²) in [5, 5.41) is 5.44. The lowest BCUT2D eigenvalue weighted by Crippen LogP contribution is -2.29. The number of rotatable bonds is 5. The normalized spacial score (nSPS) is 14.3. The number of hydrogen-bond donors (Lipinski definition) is 2. The van der Waals surface area contributed by atoms with Gasteiger partial charge in [-0.3, -0.25) is 9.69 Å². The predicted octanol–water partition coefficient (Wildman–Crippen LogP) is 3.68. The van der Waals surface area contributed by atoms with E-state index < -0.39 is 0 Å². The molecule has 0 atom stereocenters. The van der Waals surface area contributed by atoms with E-state index in [2.05, 4.69) is 21.3 Å². The lowest BCUT2D eigenvalue weighted by atomic mass is 10.1. The summed E-state index contributed by atoms with van der Waals surface area (Å²) in [6.45, 7) is 3.63. The molecule has 138 valence electrons. The Kier molecular flexibility index (Phi) is 9.38. The highest BCUT2D eigenvalue weighted by molar-refractivity contribution is 7.09. The minimum Gasteiger partial charge on any atom is -0.325 e. The molecule has 0 radical (unpaired) electrons. The minimum atomic E-state index is -0.184. The van der Waals surface area contributed by atoms with Gasteiger partial charge < -0.3 is 11.1 Å². The van der Waals surface area contributed by atoms with E-state index in [1.807, 2.05) is 18.2 Å². The third-order valence-electron chi connectivity index (χ3n) is 4.00. The van der Waals surface area contributed by atoms with Crippen LogP contribution in [0.4, 0.5) is 5.69 Å². The van der Waals surface area contributed by atoms with E-state index in [1.54, 1.807) is 5.38 Å². The Labute approximate surface area is 164 Å². The first-order valence-electron chi connectivity index (χ1n) is 8.02. The van der Waals surface area contributed by atoms with Crippen molar-refractivity contribution in [2.24, 2.45) is 5.73 Å². The van der Waals surface area contributed by atoms with Crippen molar-refractivity contribution in [3.05, 3.63) is 45.9 Å². The summed E-state index contributed by atoms with van der Waals surface area (Å²) in [5.74, 6) is -0.184. The molecule has 1 fully saturated rings. The number of nitrogens with one attached hydrogen (secondary N) is 1. The van der Waals surface area contributed by atoms with Crippen molar-refractivity contribution in [2.75, 3.05) is 18.4 Å². The van der Waals surface area contributed by atoms with Crippen LogP contribution in [0.3, 0.4) is 0 Å². The minimum absolute atomic E-state index is 0. The summed E-state index contributed by atoms with van der Waals surface area (Å²) in [5.41, 5.74) is 8.00. The zero-order valence-corrected chi connectivity index (χ0v) is 16.4. The van der Waals surface area contributed by atoms with Crippen LogP contribution in [0.1, 0.15) is 40.3 Å². The van der Waals surface area contributed by atoms with Gasteiger partial charge >= 0.3 is 0 Å². The van der Waals surface area contributed by atoms with Crippen molar-refractivity contribution in [1.29, 1.82) is 0 Å². The summed E-state index contributed by atoms with van der Waals surface area (Å²) < 4.78 is 0. The molecule has 1 amide bonds. The highest BCUT2D eigenvalue weighted by Crippen LogP contribution is 2.17. The SMILES string of the molecule is Cl.Cl.NCc1nc(C(=O)Nc2cccc(CN3CCCCC3)c2)cs1. The van der Waals surface area contributed by atoms with E-state index in [1.165, 1.54) is 36.2 Å². The fourth-order valence-electron chi connectivity index (χ4n) is 2.83. The molecule has 2 aromatic rings. The zero-order chi connectivity index (χ0) is 16.1. The lowest BCUT2D eigenvalue weighted by Gasteiger charge is -2.26. The number of likely N-dealkylation sites (tertiary alicyclic amines) is 1. The van der Waals surface area contributed by atoms with Gasteiger partial charge in [-0.05, 0) is 43.6 Å². The van der Waals surface area contributed by atoms with Crippen LogP contribution in [0.25, 0.3) is 0 Å². The third kappa shape index (κ3) is 6.24. The van der Waals surface area contributed by atoms with Crippen LogP contribution in [0.2, 0.25) is 0 Å². The smallest absolute Gasteiger partial charge is 0.275 e. The molecular weight excluding hydrogens is 379 g/mol. The number of hydrogen-bond acceptors (Lipinski definition) is 5. The van der Waals surface area contributed by atoms with E-state index in [4.69, 9.17) is 5.73 Å². The van der Waals surface area contributed by atoms with Gasteiger partial charge in [-0.15, -0.1) is 36.2 Å². The molecule has 0 spiro atoms. The molecule has 0 saturated carbocycles. The fourth-order valence-corrected chi connectivity index (χ4v) is 3.48. The number of aromatic nitrogens is 1. The average Bonchev–Trinajstić information content (AvgIpc) is 3.05. The van der Waals surface area contributed by atoms with Crippen molar-refractivity contribution in [3.8, 4) is 0 Å². The second-order valence-electron chi connectivity index (χ2n) is 5.82. The maximum atomic E-state index is 12.2. The molecule has 1 aliphatic heterocycles. The quantitative estimate of drug-likeness (QED) is 0.799. The van der Waals surface area contributed by atoms with Crippen molar-refractivity contribution in [2.45, 2.75) is 32.4 Å². The van der Waals surface area contributed by atoms with Crippen molar-refractivity contribution in [1.82, 2.24) is 9.88 Å². The van der Waals surface area contributed by atoms with Gasteiger partial charge in [0.2, 0.25) is 0 Å². The first-order chi connectivity index (χ1) is 11.2. The predicted molar refractivity (Wildman–Crippen MR) is 108 cm³/mol. The molecule has 3 rings (SSSR count). The number of halogens is 2. The van der Waals surface area contributed by atoms with E-state index in [0.717, 1.165) is 30.3 Å². The summed E-state index contributed by atoms with van der Waals surface area (Å²) in [6.07, 6.45) is 3.90. The summed E-state index contributed by atoms with van der Waals surface area (Å²) in [4.78, 5) is 18.9. The average molecular weight is 403 g/mol. The maximum Gasteiger partial charge on any atom is 0.275 e. The number of benzene rings is 1. The van der Waals surface area contributed by atoms with Crippen LogP contribution in [0.5, 0.6) is 0 Å². The van der Waals surface area contributed by atoms with Crippen LogP contribution < -0.4 is 11.1 Å². The van der Waals surface area contributed by atoms with Gasteiger partial charge in [0, 0.05) is 24.2 Å². The van der Waals surface area contributed by atoms with Crippen molar-refractivity contribution >= 4 is 47.7 Å². The van der Waals surface area contributed by atoms with Gasteiger partial charge in [-0.25, -0.2) is 4.98 Å². The molecular formula is C17H24Cl2N4OS. The first-order valence-corrected chi connectivity index (χ1v) is 8.89. The number of amides is 1. The number of nitrogens with two attached hydrogens (primary N) is 1.